The van der Waals surface area contributed by atoms with E-state index in [1.165, 1.54) is 11.1 Å². The molecule has 2 rings (SSSR count). The van der Waals surface area contributed by atoms with Crippen LogP contribution < -0.4 is 5.32 Å². The van der Waals surface area contributed by atoms with E-state index in [2.05, 4.69) is 30.4 Å². The Bertz CT molecular complexity index is 510. The Hall–Kier alpha value is -1.82. The van der Waals surface area contributed by atoms with E-state index in [1.807, 2.05) is 12.1 Å². The molecule has 1 amide bonds. The fraction of sp³-hybridized carbons (Fsp3) is 0.529. The minimum Gasteiger partial charge on any atom is -0.354 e. The summed E-state index contributed by atoms with van der Waals surface area (Å²) in [5.74, 6) is -0.0757. The number of hydrogen-bond donors (Lipinski definition) is 1. The largest absolute Gasteiger partial charge is 0.354 e. The summed E-state index contributed by atoms with van der Waals surface area (Å²) in [6, 6.07) is 10.5. The third kappa shape index (κ3) is 3.19. The Kier molecular flexibility index (Phi) is 4.79. The zero-order valence-electron chi connectivity index (χ0n) is 12.1. The van der Waals surface area contributed by atoms with Crippen molar-refractivity contribution in [1.29, 1.82) is 5.26 Å². The maximum Gasteiger partial charge on any atom is 0.240 e. The molecule has 0 heterocycles. The van der Waals surface area contributed by atoms with Crippen molar-refractivity contribution in [2.45, 2.75) is 45.4 Å². The molecule has 3 nitrogen and oxygen atoms in total. The molecule has 0 radical (unpaired) electrons. The Labute approximate surface area is 121 Å². The van der Waals surface area contributed by atoms with E-state index >= 15 is 0 Å². The lowest BCUT2D eigenvalue weighted by Gasteiger charge is -2.29. The van der Waals surface area contributed by atoms with E-state index in [-0.39, 0.29) is 5.91 Å². The lowest BCUT2D eigenvalue weighted by molar-refractivity contribution is -0.129. The summed E-state index contributed by atoms with van der Waals surface area (Å²) in [5, 5.41) is 12.3. The van der Waals surface area contributed by atoms with Crippen molar-refractivity contribution in [3.05, 3.63) is 35.4 Å². The van der Waals surface area contributed by atoms with Crippen LogP contribution in [0.1, 0.15) is 43.2 Å². The predicted octanol–water partition coefficient (Wildman–Crippen LogP) is 3.13. The van der Waals surface area contributed by atoms with E-state index in [1.54, 1.807) is 0 Å². The topological polar surface area (TPSA) is 52.9 Å². The summed E-state index contributed by atoms with van der Waals surface area (Å²) >= 11 is 0. The molecule has 106 valence electrons. The minimum atomic E-state index is -0.774. The van der Waals surface area contributed by atoms with Gasteiger partial charge in [0.1, 0.15) is 5.41 Å². The molecule has 0 unspecified atom stereocenters. The first-order chi connectivity index (χ1) is 9.68. The number of rotatable bonds is 4. The summed E-state index contributed by atoms with van der Waals surface area (Å²) in [4.78, 5) is 12.3. The zero-order chi connectivity index (χ0) is 14.4. The van der Waals surface area contributed by atoms with Gasteiger partial charge in [0.15, 0.2) is 0 Å². The van der Waals surface area contributed by atoms with Gasteiger partial charge < -0.3 is 5.32 Å². The molecule has 0 saturated heterocycles. The first-order valence-corrected chi connectivity index (χ1v) is 7.42. The van der Waals surface area contributed by atoms with Crippen LogP contribution in [0.2, 0.25) is 0 Å². The van der Waals surface area contributed by atoms with Crippen molar-refractivity contribution in [3.8, 4) is 6.07 Å². The van der Waals surface area contributed by atoms with Crippen LogP contribution in [0.25, 0.3) is 0 Å². The molecule has 1 aliphatic rings. The van der Waals surface area contributed by atoms with Crippen molar-refractivity contribution in [3.63, 3.8) is 0 Å². The molecule has 0 spiro atoms. The molecule has 0 aromatic heterocycles. The van der Waals surface area contributed by atoms with Gasteiger partial charge in [-0.1, -0.05) is 43.5 Å². The summed E-state index contributed by atoms with van der Waals surface area (Å²) in [7, 11) is 0. The summed E-state index contributed by atoms with van der Waals surface area (Å²) < 4.78 is 0. The van der Waals surface area contributed by atoms with Crippen LogP contribution in [0.4, 0.5) is 0 Å². The molecule has 0 atom stereocenters. The lowest BCUT2D eigenvalue weighted by atomic mass is 9.74. The molecule has 1 aromatic carbocycles. The quantitative estimate of drug-likeness (QED) is 0.914. The second-order valence-electron chi connectivity index (χ2n) is 5.69. The molecular weight excluding hydrogens is 248 g/mol. The average molecular weight is 270 g/mol. The van der Waals surface area contributed by atoms with E-state index in [4.69, 9.17) is 0 Å². The van der Waals surface area contributed by atoms with Gasteiger partial charge in [-0.05, 0) is 37.3 Å². The van der Waals surface area contributed by atoms with Gasteiger partial charge in [-0.2, -0.15) is 5.26 Å². The predicted molar refractivity (Wildman–Crippen MR) is 79.0 cm³/mol. The van der Waals surface area contributed by atoms with Crippen LogP contribution in [0, 0.1) is 23.7 Å². The summed E-state index contributed by atoms with van der Waals surface area (Å²) in [6.07, 6.45) is 5.34. The molecule has 0 bridgehead atoms. The standard InChI is InChI=1S/C17H22N2O/c1-14-7-3-4-8-15(14)9-12-19-16(20)17(13-18)10-5-2-6-11-17/h3-4,7-8H,2,5-6,9-12H2,1H3,(H,19,20). The molecular formula is C17H22N2O. The van der Waals surface area contributed by atoms with Gasteiger partial charge in [0, 0.05) is 6.54 Å². The number of amides is 1. The van der Waals surface area contributed by atoms with Crippen molar-refractivity contribution >= 4 is 5.91 Å². The molecule has 1 aromatic rings. The maximum absolute atomic E-state index is 12.3. The summed E-state index contributed by atoms with van der Waals surface area (Å²) in [6.45, 7) is 2.68. The second kappa shape index (κ2) is 6.56. The molecule has 1 saturated carbocycles. The Morgan fingerprint density at radius 2 is 2.00 bits per heavy atom. The van der Waals surface area contributed by atoms with Crippen molar-refractivity contribution < 1.29 is 4.79 Å². The van der Waals surface area contributed by atoms with Gasteiger partial charge in [-0.15, -0.1) is 0 Å². The molecule has 1 fully saturated rings. The van der Waals surface area contributed by atoms with Crippen LogP contribution in [0.15, 0.2) is 24.3 Å². The fourth-order valence-corrected chi connectivity index (χ4v) is 2.92. The van der Waals surface area contributed by atoms with Crippen LogP contribution in [-0.2, 0) is 11.2 Å². The third-order valence-corrected chi connectivity index (χ3v) is 4.30. The number of carbonyl (C=O) groups excluding carboxylic acids is 1. The number of aryl methyl sites for hydroxylation is 1. The van der Waals surface area contributed by atoms with Crippen LogP contribution in [0.5, 0.6) is 0 Å². The van der Waals surface area contributed by atoms with E-state index in [0.717, 1.165) is 25.7 Å². The maximum atomic E-state index is 12.3. The van der Waals surface area contributed by atoms with Crippen molar-refractivity contribution in [2.24, 2.45) is 5.41 Å². The second-order valence-corrected chi connectivity index (χ2v) is 5.69. The van der Waals surface area contributed by atoms with Gasteiger partial charge in [0.2, 0.25) is 5.91 Å². The van der Waals surface area contributed by atoms with Gasteiger partial charge >= 0.3 is 0 Å². The SMILES string of the molecule is Cc1ccccc1CCNC(=O)C1(C#N)CCCCC1. The average Bonchev–Trinajstić information content (AvgIpc) is 2.49. The number of carbonyl (C=O) groups is 1. The van der Waals surface area contributed by atoms with Crippen molar-refractivity contribution in [2.75, 3.05) is 6.54 Å². The lowest BCUT2D eigenvalue weighted by Crippen LogP contribution is -2.42. The number of nitrogens with one attached hydrogen (secondary N) is 1. The van der Waals surface area contributed by atoms with E-state index in [9.17, 15) is 10.1 Å². The number of nitrogens with zero attached hydrogens (tertiary/aromatic N) is 1. The Morgan fingerprint density at radius 3 is 2.65 bits per heavy atom. The monoisotopic (exact) mass is 270 g/mol. The highest BCUT2D eigenvalue weighted by atomic mass is 16.2. The van der Waals surface area contributed by atoms with Crippen molar-refractivity contribution in [1.82, 2.24) is 5.32 Å². The van der Waals surface area contributed by atoms with Gasteiger partial charge in [0.05, 0.1) is 6.07 Å². The minimum absolute atomic E-state index is 0.0757. The smallest absolute Gasteiger partial charge is 0.240 e. The molecule has 0 aliphatic heterocycles. The highest BCUT2D eigenvalue weighted by molar-refractivity contribution is 5.85. The first kappa shape index (κ1) is 14.6. The highest BCUT2D eigenvalue weighted by Crippen LogP contribution is 2.35. The summed E-state index contributed by atoms with van der Waals surface area (Å²) in [5.41, 5.74) is 1.72. The normalized spacial score (nSPS) is 17.2. The van der Waals surface area contributed by atoms with E-state index < -0.39 is 5.41 Å². The zero-order valence-corrected chi connectivity index (χ0v) is 12.1. The van der Waals surface area contributed by atoms with Gasteiger partial charge in [-0.3, -0.25) is 4.79 Å². The fourth-order valence-electron chi connectivity index (χ4n) is 2.92. The van der Waals surface area contributed by atoms with Crippen LogP contribution in [-0.4, -0.2) is 12.5 Å². The Morgan fingerprint density at radius 1 is 1.30 bits per heavy atom. The Balaban J connectivity index is 1.89. The van der Waals surface area contributed by atoms with E-state index in [0.29, 0.717) is 19.4 Å². The van der Waals surface area contributed by atoms with Gasteiger partial charge in [-0.25, -0.2) is 0 Å². The number of benzene rings is 1. The molecule has 3 heteroatoms. The molecule has 1 aliphatic carbocycles. The number of nitriles is 1. The van der Waals surface area contributed by atoms with Gasteiger partial charge in [0.25, 0.3) is 0 Å². The molecule has 20 heavy (non-hydrogen) atoms. The third-order valence-electron chi connectivity index (χ3n) is 4.30. The first-order valence-electron chi connectivity index (χ1n) is 7.42. The van der Waals surface area contributed by atoms with Crippen LogP contribution in [0.3, 0.4) is 0 Å². The van der Waals surface area contributed by atoms with Crippen LogP contribution >= 0.6 is 0 Å². The highest BCUT2D eigenvalue weighted by Gasteiger charge is 2.39. The molecule has 1 N–H and O–H groups in total. The number of hydrogen-bond acceptors (Lipinski definition) is 2.